The van der Waals surface area contributed by atoms with E-state index in [0.717, 1.165) is 31.5 Å². The number of ether oxygens (including phenoxy) is 1. The average molecular weight is 318 g/mol. The Morgan fingerprint density at radius 2 is 2.04 bits per heavy atom. The number of hydrogen-bond donors (Lipinski definition) is 2. The van der Waals surface area contributed by atoms with Crippen molar-refractivity contribution < 1.29 is 19.4 Å². The van der Waals surface area contributed by atoms with Crippen LogP contribution < -0.4 is 10.1 Å². The number of aromatic carboxylic acids is 1. The van der Waals surface area contributed by atoms with Crippen molar-refractivity contribution in [1.82, 2.24) is 10.2 Å². The SMILES string of the molecule is C[C@H]1COc2cc(C(=O)O)ccc2CN1C(=O)C1CCNCC1. The summed E-state index contributed by atoms with van der Waals surface area (Å²) < 4.78 is 5.75. The van der Waals surface area contributed by atoms with E-state index >= 15 is 0 Å². The number of fused-ring (bicyclic) bond motifs is 1. The molecule has 6 nitrogen and oxygen atoms in total. The summed E-state index contributed by atoms with van der Waals surface area (Å²) >= 11 is 0. The van der Waals surface area contributed by atoms with Crippen LogP contribution in [0.2, 0.25) is 0 Å². The van der Waals surface area contributed by atoms with Gasteiger partial charge < -0.3 is 20.1 Å². The highest BCUT2D eigenvalue weighted by Crippen LogP contribution is 2.28. The van der Waals surface area contributed by atoms with E-state index in [-0.39, 0.29) is 23.4 Å². The van der Waals surface area contributed by atoms with E-state index in [4.69, 9.17) is 9.84 Å². The molecule has 2 aliphatic heterocycles. The summed E-state index contributed by atoms with van der Waals surface area (Å²) in [6, 6.07) is 4.83. The minimum absolute atomic E-state index is 0.0296. The first-order chi connectivity index (χ1) is 11.1. The van der Waals surface area contributed by atoms with E-state index in [1.165, 1.54) is 0 Å². The maximum atomic E-state index is 12.8. The van der Waals surface area contributed by atoms with Crippen LogP contribution in [0.15, 0.2) is 18.2 Å². The number of piperidine rings is 1. The second-order valence-electron chi connectivity index (χ2n) is 6.28. The molecule has 0 radical (unpaired) electrons. The molecule has 23 heavy (non-hydrogen) atoms. The smallest absolute Gasteiger partial charge is 0.335 e. The third-order valence-corrected chi connectivity index (χ3v) is 4.64. The lowest BCUT2D eigenvalue weighted by Crippen LogP contribution is -2.45. The van der Waals surface area contributed by atoms with Crippen molar-refractivity contribution in [2.24, 2.45) is 5.92 Å². The highest BCUT2D eigenvalue weighted by Gasteiger charge is 2.31. The molecule has 0 spiro atoms. The van der Waals surface area contributed by atoms with Gasteiger partial charge in [0.15, 0.2) is 0 Å². The molecule has 0 saturated carbocycles. The maximum absolute atomic E-state index is 12.8. The predicted molar refractivity (Wildman–Crippen MR) is 84.5 cm³/mol. The first-order valence-corrected chi connectivity index (χ1v) is 8.06. The fourth-order valence-corrected chi connectivity index (χ4v) is 3.19. The first-order valence-electron chi connectivity index (χ1n) is 8.06. The number of nitrogens with one attached hydrogen (secondary N) is 1. The quantitative estimate of drug-likeness (QED) is 0.864. The molecule has 2 heterocycles. The maximum Gasteiger partial charge on any atom is 0.335 e. The molecule has 124 valence electrons. The zero-order valence-corrected chi connectivity index (χ0v) is 13.2. The number of nitrogens with zero attached hydrogens (tertiary/aromatic N) is 1. The molecule has 2 N–H and O–H groups in total. The van der Waals surface area contributed by atoms with Crippen LogP contribution in [0, 0.1) is 5.92 Å². The van der Waals surface area contributed by atoms with E-state index in [1.807, 2.05) is 11.8 Å². The van der Waals surface area contributed by atoms with Gasteiger partial charge in [0, 0.05) is 18.0 Å². The van der Waals surface area contributed by atoms with Crippen molar-refractivity contribution in [3.05, 3.63) is 29.3 Å². The van der Waals surface area contributed by atoms with Gasteiger partial charge in [-0.15, -0.1) is 0 Å². The normalized spacial score (nSPS) is 22.0. The van der Waals surface area contributed by atoms with Crippen LogP contribution in [0.5, 0.6) is 5.75 Å². The number of carboxylic acid groups (broad SMARTS) is 1. The van der Waals surface area contributed by atoms with Gasteiger partial charge in [0.1, 0.15) is 12.4 Å². The number of amides is 1. The lowest BCUT2D eigenvalue weighted by molar-refractivity contribution is -0.139. The van der Waals surface area contributed by atoms with Crippen LogP contribution in [0.1, 0.15) is 35.7 Å². The van der Waals surface area contributed by atoms with Crippen molar-refractivity contribution >= 4 is 11.9 Å². The molecule has 1 amide bonds. The second-order valence-corrected chi connectivity index (χ2v) is 6.28. The Bertz CT molecular complexity index is 611. The van der Waals surface area contributed by atoms with Crippen LogP contribution >= 0.6 is 0 Å². The number of rotatable bonds is 2. The molecule has 1 saturated heterocycles. The van der Waals surface area contributed by atoms with Gasteiger partial charge in [-0.25, -0.2) is 4.79 Å². The molecule has 6 heteroatoms. The zero-order valence-electron chi connectivity index (χ0n) is 13.2. The van der Waals surface area contributed by atoms with Crippen molar-refractivity contribution in [1.29, 1.82) is 0 Å². The van der Waals surface area contributed by atoms with Crippen molar-refractivity contribution in [3.63, 3.8) is 0 Å². The zero-order chi connectivity index (χ0) is 16.4. The lowest BCUT2D eigenvalue weighted by Gasteiger charge is -2.32. The molecule has 0 aliphatic carbocycles. The van der Waals surface area contributed by atoms with Gasteiger partial charge in [0.2, 0.25) is 5.91 Å². The Morgan fingerprint density at radius 1 is 1.30 bits per heavy atom. The number of carbonyl (C=O) groups excluding carboxylic acids is 1. The summed E-state index contributed by atoms with van der Waals surface area (Å²) in [5.41, 5.74) is 1.07. The van der Waals surface area contributed by atoms with Crippen molar-refractivity contribution in [2.45, 2.75) is 32.4 Å². The van der Waals surface area contributed by atoms with Gasteiger partial charge in [0.05, 0.1) is 11.6 Å². The highest BCUT2D eigenvalue weighted by atomic mass is 16.5. The molecular formula is C17H22N2O4. The fourth-order valence-electron chi connectivity index (χ4n) is 3.19. The van der Waals surface area contributed by atoms with Crippen LogP contribution in [0.4, 0.5) is 0 Å². The Balaban J connectivity index is 1.82. The van der Waals surface area contributed by atoms with Crippen molar-refractivity contribution in [3.8, 4) is 5.75 Å². The molecular weight excluding hydrogens is 296 g/mol. The summed E-state index contributed by atoms with van der Waals surface area (Å²) in [5.74, 6) is -0.162. The Labute approximate surface area is 135 Å². The molecule has 0 bridgehead atoms. The molecule has 0 unspecified atom stereocenters. The van der Waals surface area contributed by atoms with Crippen LogP contribution in [-0.4, -0.2) is 47.6 Å². The van der Waals surface area contributed by atoms with Gasteiger partial charge in [-0.3, -0.25) is 4.79 Å². The summed E-state index contributed by atoms with van der Waals surface area (Å²) in [6.07, 6.45) is 1.74. The number of carboxylic acids is 1. The molecule has 3 rings (SSSR count). The van der Waals surface area contributed by atoms with E-state index in [0.29, 0.717) is 18.9 Å². The topological polar surface area (TPSA) is 78.9 Å². The molecule has 1 atom stereocenters. The predicted octanol–water partition coefficient (Wildman–Crippen LogP) is 1.49. The van der Waals surface area contributed by atoms with Crippen LogP contribution in [0.3, 0.4) is 0 Å². The number of hydrogen-bond acceptors (Lipinski definition) is 4. The van der Waals surface area contributed by atoms with E-state index < -0.39 is 5.97 Å². The average Bonchev–Trinajstić information content (AvgIpc) is 2.74. The summed E-state index contributed by atoms with van der Waals surface area (Å²) in [5, 5.41) is 12.4. The van der Waals surface area contributed by atoms with E-state index in [9.17, 15) is 9.59 Å². The summed E-state index contributed by atoms with van der Waals surface area (Å²) in [6.45, 7) is 4.59. The number of carbonyl (C=O) groups is 2. The van der Waals surface area contributed by atoms with Gasteiger partial charge in [0.25, 0.3) is 0 Å². The van der Waals surface area contributed by atoms with Gasteiger partial charge in [-0.2, -0.15) is 0 Å². The molecule has 1 aromatic carbocycles. The molecule has 1 fully saturated rings. The van der Waals surface area contributed by atoms with Gasteiger partial charge >= 0.3 is 5.97 Å². The molecule has 2 aliphatic rings. The Hall–Kier alpha value is -2.08. The monoisotopic (exact) mass is 318 g/mol. The minimum atomic E-state index is -0.976. The third-order valence-electron chi connectivity index (χ3n) is 4.64. The second kappa shape index (κ2) is 6.58. The largest absolute Gasteiger partial charge is 0.491 e. The fraction of sp³-hybridized carbons (Fsp3) is 0.529. The Morgan fingerprint density at radius 3 is 2.74 bits per heavy atom. The summed E-state index contributed by atoms with van der Waals surface area (Å²) in [4.78, 5) is 25.8. The van der Waals surface area contributed by atoms with Gasteiger partial charge in [-0.05, 0) is 45.0 Å². The highest BCUT2D eigenvalue weighted by molar-refractivity contribution is 5.88. The lowest BCUT2D eigenvalue weighted by atomic mass is 9.95. The number of benzene rings is 1. The first kappa shape index (κ1) is 15.8. The van der Waals surface area contributed by atoms with Crippen LogP contribution in [0.25, 0.3) is 0 Å². The summed E-state index contributed by atoms with van der Waals surface area (Å²) in [7, 11) is 0. The van der Waals surface area contributed by atoms with Crippen molar-refractivity contribution in [2.75, 3.05) is 19.7 Å². The minimum Gasteiger partial charge on any atom is -0.491 e. The van der Waals surface area contributed by atoms with Crippen LogP contribution in [-0.2, 0) is 11.3 Å². The third kappa shape index (κ3) is 3.32. The molecule has 1 aromatic rings. The van der Waals surface area contributed by atoms with E-state index in [2.05, 4.69) is 5.32 Å². The molecule has 0 aromatic heterocycles. The van der Waals surface area contributed by atoms with Gasteiger partial charge in [-0.1, -0.05) is 6.07 Å². The standard InChI is InChI=1S/C17H22N2O4/c1-11-10-23-15-8-13(17(21)22)2-3-14(15)9-19(11)16(20)12-4-6-18-7-5-12/h2-3,8,11-12,18H,4-7,9-10H2,1H3,(H,21,22)/t11-/m0/s1. The Kier molecular flexibility index (Phi) is 4.52. The van der Waals surface area contributed by atoms with E-state index in [1.54, 1.807) is 18.2 Å².